The van der Waals surface area contributed by atoms with E-state index in [1.54, 1.807) is 25.1 Å². The van der Waals surface area contributed by atoms with Gasteiger partial charge in [-0.05, 0) is 44.2 Å². The molecule has 10 heteroatoms. The fourth-order valence-electron chi connectivity index (χ4n) is 4.19. The number of aryl methyl sites for hydroxylation is 2. The first-order valence-corrected chi connectivity index (χ1v) is 12.1. The van der Waals surface area contributed by atoms with Gasteiger partial charge in [0.15, 0.2) is 18.1 Å². The van der Waals surface area contributed by atoms with Crippen LogP contribution >= 0.6 is 0 Å². The molecule has 5 rings (SSSR count). The van der Waals surface area contributed by atoms with Gasteiger partial charge < -0.3 is 33.2 Å². The van der Waals surface area contributed by atoms with Gasteiger partial charge in [0.2, 0.25) is 0 Å². The van der Waals surface area contributed by atoms with Gasteiger partial charge in [0, 0.05) is 16.8 Å². The molecule has 0 saturated carbocycles. The molecule has 2 aromatic heterocycles. The Morgan fingerprint density at radius 2 is 1.69 bits per heavy atom. The predicted octanol–water partition coefficient (Wildman–Crippen LogP) is 5.58. The molecule has 0 fully saturated rings. The smallest absolute Gasteiger partial charge is 0.338 e. The third-order valence-corrected chi connectivity index (χ3v) is 6.26. The van der Waals surface area contributed by atoms with Crippen molar-refractivity contribution in [3.05, 3.63) is 77.2 Å². The zero-order valence-electron chi connectivity index (χ0n) is 21.8. The summed E-state index contributed by atoms with van der Waals surface area (Å²) in [7, 11) is 2.97. The van der Waals surface area contributed by atoms with Crippen LogP contribution in [0.3, 0.4) is 0 Å². The third-order valence-electron chi connectivity index (χ3n) is 6.26. The monoisotopic (exact) mass is 530 g/mol. The van der Waals surface area contributed by atoms with Crippen molar-refractivity contribution in [3.63, 3.8) is 0 Å². The molecule has 0 aliphatic heterocycles. The molecule has 0 atom stereocenters. The zero-order chi connectivity index (χ0) is 27.5. The van der Waals surface area contributed by atoms with Gasteiger partial charge in [-0.1, -0.05) is 23.4 Å². The molecule has 0 spiro atoms. The van der Waals surface area contributed by atoms with E-state index in [-0.39, 0.29) is 12.2 Å². The first-order chi connectivity index (χ1) is 18.9. The largest absolute Gasteiger partial charge is 0.495 e. The Morgan fingerprint density at radius 1 is 0.897 bits per heavy atom. The van der Waals surface area contributed by atoms with Gasteiger partial charge in [-0.25, -0.2) is 4.79 Å². The second-order valence-electron chi connectivity index (χ2n) is 8.73. The second-order valence-corrected chi connectivity index (χ2v) is 8.73. The first kappa shape index (κ1) is 25.7. The molecular weight excluding hydrogens is 504 g/mol. The van der Waals surface area contributed by atoms with Gasteiger partial charge in [-0.2, -0.15) is 0 Å². The molecule has 200 valence electrons. The van der Waals surface area contributed by atoms with Crippen molar-refractivity contribution in [2.45, 2.75) is 20.5 Å². The topological polar surface area (TPSA) is 122 Å². The Kier molecular flexibility index (Phi) is 7.09. The zero-order valence-corrected chi connectivity index (χ0v) is 21.8. The van der Waals surface area contributed by atoms with Crippen molar-refractivity contribution in [1.29, 1.82) is 0 Å². The molecule has 0 saturated heterocycles. The average Bonchev–Trinajstić information content (AvgIpc) is 3.47. The summed E-state index contributed by atoms with van der Waals surface area (Å²) in [5, 5.41) is 8.43. The number of carbonyl (C=O) groups is 2. The summed E-state index contributed by atoms with van der Waals surface area (Å²) < 4.78 is 33.0. The molecule has 0 radical (unpaired) electrons. The molecule has 1 amide bonds. The predicted molar refractivity (Wildman–Crippen MR) is 142 cm³/mol. The molecule has 0 bridgehead atoms. The van der Waals surface area contributed by atoms with Crippen molar-refractivity contribution in [1.82, 2.24) is 5.16 Å². The molecule has 3 aromatic carbocycles. The number of nitrogens with one attached hydrogen (secondary N) is 1. The van der Waals surface area contributed by atoms with E-state index in [4.69, 9.17) is 27.9 Å². The van der Waals surface area contributed by atoms with Crippen LogP contribution in [0.2, 0.25) is 0 Å². The van der Waals surface area contributed by atoms with Gasteiger partial charge in [0.25, 0.3) is 5.91 Å². The minimum Gasteiger partial charge on any atom is -0.495 e. The highest BCUT2D eigenvalue weighted by molar-refractivity contribution is 6.08. The Bertz CT molecular complexity index is 1660. The summed E-state index contributed by atoms with van der Waals surface area (Å²) in [5.74, 6) is 0.652. The second kappa shape index (κ2) is 10.8. The van der Waals surface area contributed by atoms with E-state index in [2.05, 4.69) is 10.5 Å². The standard InChI is InChI=1S/C29H26N2O8/c1-16-21(17(2)39-31-16)14-36-24-10-9-18(11-27(24)35-4)29(33)37-15-28(32)30-22-13-25-20(12-26(22)34-3)19-7-5-6-8-23(19)38-25/h5-13H,14-15H2,1-4H3,(H,30,32). The maximum atomic E-state index is 12.7. The van der Waals surface area contributed by atoms with E-state index in [1.165, 1.54) is 26.4 Å². The van der Waals surface area contributed by atoms with Gasteiger partial charge in [0.1, 0.15) is 29.3 Å². The van der Waals surface area contributed by atoms with Crippen LogP contribution in [0.1, 0.15) is 27.4 Å². The number of benzene rings is 3. The average molecular weight is 531 g/mol. The van der Waals surface area contributed by atoms with Crippen LogP contribution in [-0.2, 0) is 16.1 Å². The highest BCUT2D eigenvalue weighted by Gasteiger charge is 2.18. The molecule has 2 heterocycles. The maximum absolute atomic E-state index is 12.7. The highest BCUT2D eigenvalue weighted by Crippen LogP contribution is 2.36. The third kappa shape index (κ3) is 5.22. The summed E-state index contributed by atoms with van der Waals surface area (Å²) in [6.45, 7) is 3.35. The lowest BCUT2D eigenvalue weighted by molar-refractivity contribution is -0.119. The molecule has 1 N–H and O–H groups in total. The molecule has 10 nitrogen and oxygen atoms in total. The Hall–Kier alpha value is -4.99. The molecular formula is C29H26N2O8. The van der Waals surface area contributed by atoms with E-state index >= 15 is 0 Å². The summed E-state index contributed by atoms with van der Waals surface area (Å²) in [6, 6.07) is 15.7. The van der Waals surface area contributed by atoms with Crippen LogP contribution in [0.4, 0.5) is 5.69 Å². The number of anilines is 1. The number of furan rings is 1. The summed E-state index contributed by atoms with van der Waals surface area (Å²) in [6.07, 6.45) is 0. The number of aromatic nitrogens is 1. The summed E-state index contributed by atoms with van der Waals surface area (Å²) in [4.78, 5) is 25.3. The van der Waals surface area contributed by atoms with Gasteiger partial charge in [-0.15, -0.1) is 0 Å². The molecule has 0 aliphatic carbocycles. The van der Waals surface area contributed by atoms with Crippen LogP contribution in [0.15, 0.2) is 63.5 Å². The van der Waals surface area contributed by atoms with Crippen molar-refractivity contribution in [2.75, 3.05) is 26.1 Å². The lowest BCUT2D eigenvalue weighted by Gasteiger charge is -2.13. The molecule has 0 unspecified atom stereocenters. The number of hydrogen-bond donors (Lipinski definition) is 1. The number of amides is 1. The van der Waals surface area contributed by atoms with Crippen molar-refractivity contribution >= 4 is 39.5 Å². The number of rotatable bonds is 9. The van der Waals surface area contributed by atoms with E-state index < -0.39 is 18.5 Å². The summed E-state index contributed by atoms with van der Waals surface area (Å²) in [5.41, 5.74) is 3.48. The van der Waals surface area contributed by atoms with E-state index in [9.17, 15) is 9.59 Å². The molecule has 5 aromatic rings. The summed E-state index contributed by atoms with van der Waals surface area (Å²) >= 11 is 0. The first-order valence-electron chi connectivity index (χ1n) is 12.1. The van der Waals surface area contributed by atoms with Crippen LogP contribution in [-0.4, -0.2) is 37.9 Å². The number of ether oxygens (including phenoxy) is 4. The number of fused-ring (bicyclic) bond motifs is 3. The minimum atomic E-state index is -0.694. The van der Waals surface area contributed by atoms with Crippen molar-refractivity contribution < 1.29 is 37.5 Å². The Morgan fingerprint density at radius 3 is 2.44 bits per heavy atom. The van der Waals surface area contributed by atoms with E-state index in [0.717, 1.165) is 27.6 Å². The van der Waals surface area contributed by atoms with Crippen LogP contribution < -0.4 is 19.5 Å². The van der Waals surface area contributed by atoms with Crippen LogP contribution in [0.25, 0.3) is 21.9 Å². The lowest BCUT2D eigenvalue weighted by Crippen LogP contribution is -2.21. The van der Waals surface area contributed by atoms with Gasteiger partial charge in [0.05, 0.1) is 36.7 Å². The highest BCUT2D eigenvalue weighted by atomic mass is 16.5. The Balaban J connectivity index is 1.23. The fraction of sp³-hybridized carbons (Fsp3) is 0.207. The quantitative estimate of drug-likeness (QED) is 0.243. The van der Waals surface area contributed by atoms with E-state index in [1.807, 2.05) is 31.2 Å². The lowest BCUT2D eigenvalue weighted by atomic mass is 10.1. The number of methoxy groups -OCH3 is 2. The number of hydrogen-bond acceptors (Lipinski definition) is 9. The molecule has 39 heavy (non-hydrogen) atoms. The van der Waals surface area contributed by atoms with Gasteiger partial charge >= 0.3 is 5.97 Å². The van der Waals surface area contributed by atoms with E-state index in [0.29, 0.717) is 34.3 Å². The Labute approximate surface area is 223 Å². The maximum Gasteiger partial charge on any atom is 0.338 e. The van der Waals surface area contributed by atoms with Crippen LogP contribution in [0.5, 0.6) is 17.2 Å². The number of esters is 1. The normalized spacial score (nSPS) is 11.0. The van der Waals surface area contributed by atoms with Gasteiger partial charge in [-0.3, -0.25) is 4.79 Å². The number of nitrogens with zero attached hydrogens (tertiary/aromatic N) is 1. The van der Waals surface area contributed by atoms with Crippen molar-refractivity contribution in [3.8, 4) is 17.2 Å². The number of carbonyl (C=O) groups excluding carboxylic acids is 2. The van der Waals surface area contributed by atoms with Crippen LogP contribution in [0, 0.1) is 13.8 Å². The number of para-hydroxylation sites is 1. The molecule has 0 aliphatic rings. The minimum absolute atomic E-state index is 0.200. The fourth-order valence-corrected chi connectivity index (χ4v) is 4.19. The SMILES string of the molecule is COc1cc2c(cc1NC(=O)COC(=O)c1ccc(OCc3c(C)noc3C)c(OC)c1)oc1ccccc12. The van der Waals surface area contributed by atoms with Crippen molar-refractivity contribution in [2.24, 2.45) is 0 Å².